The molecule has 0 bridgehead atoms. The predicted octanol–water partition coefficient (Wildman–Crippen LogP) is 3.50. The maximum absolute atomic E-state index is 12.4. The van der Waals surface area contributed by atoms with Crippen molar-refractivity contribution in [1.29, 1.82) is 0 Å². The van der Waals surface area contributed by atoms with Gasteiger partial charge in [0.2, 0.25) is 0 Å². The van der Waals surface area contributed by atoms with Crippen LogP contribution in [0.5, 0.6) is 0 Å². The van der Waals surface area contributed by atoms with Crippen LogP contribution in [0.1, 0.15) is 16.1 Å². The minimum Gasteiger partial charge on any atom is -0.463 e. The highest BCUT2D eigenvalue weighted by molar-refractivity contribution is 6.08. The van der Waals surface area contributed by atoms with Gasteiger partial charge in [-0.25, -0.2) is 0 Å². The number of nitrogens with zero attached hydrogens (tertiary/aromatic N) is 1. The van der Waals surface area contributed by atoms with Crippen LogP contribution in [0.2, 0.25) is 0 Å². The van der Waals surface area contributed by atoms with E-state index in [1.54, 1.807) is 19.1 Å². The molecule has 1 aromatic carbocycles. The molecule has 5 nitrogen and oxygen atoms in total. The number of nitrogens with one attached hydrogen (secondary N) is 1. The van der Waals surface area contributed by atoms with Gasteiger partial charge in [0.15, 0.2) is 11.5 Å². The number of hydrogen-bond acceptors (Lipinski definition) is 4. The third-order valence-corrected chi connectivity index (χ3v) is 2.88. The predicted molar refractivity (Wildman–Crippen MR) is 73.3 cm³/mol. The minimum atomic E-state index is -0.277. The molecule has 0 saturated heterocycles. The molecule has 1 amide bonds. The number of para-hydroxylation sites is 1. The lowest BCUT2D eigenvalue weighted by molar-refractivity contribution is 0.102. The number of hydrogen-bond donors (Lipinski definition) is 1. The van der Waals surface area contributed by atoms with E-state index in [-0.39, 0.29) is 5.91 Å². The van der Waals surface area contributed by atoms with Crippen LogP contribution in [0.4, 0.5) is 5.69 Å². The molecule has 20 heavy (non-hydrogen) atoms. The lowest BCUT2D eigenvalue weighted by Gasteiger charge is -2.04. The lowest BCUT2D eigenvalue weighted by Crippen LogP contribution is -2.13. The van der Waals surface area contributed by atoms with Crippen LogP contribution in [0, 0.1) is 6.92 Å². The average Bonchev–Trinajstić information content (AvgIpc) is 3.08. The van der Waals surface area contributed by atoms with E-state index in [0.717, 1.165) is 0 Å². The zero-order valence-electron chi connectivity index (χ0n) is 10.8. The topological polar surface area (TPSA) is 68.3 Å². The van der Waals surface area contributed by atoms with Crippen molar-refractivity contribution in [2.75, 3.05) is 5.32 Å². The van der Waals surface area contributed by atoms with Crippen LogP contribution < -0.4 is 5.32 Å². The zero-order valence-corrected chi connectivity index (χ0v) is 10.8. The highest BCUT2D eigenvalue weighted by atomic mass is 16.5. The van der Waals surface area contributed by atoms with Crippen molar-refractivity contribution in [2.45, 2.75) is 6.92 Å². The molecule has 0 spiro atoms. The lowest BCUT2D eigenvalue weighted by atomic mass is 10.1. The number of carbonyl (C=O) groups excluding carboxylic acids is 1. The smallest absolute Gasteiger partial charge is 0.261 e. The molecule has 0 aliphatic rings. The molecule has 2 aromatic heterocycles. The van der Waals surface area contributed by atoms with E-state index in [1.165, 1.54) is 6.26 Å². The maximum atomic E-state index is 12.4. The summed E-state index contributed by atoms with van der Waals surface area (Å²) in [7, 11) is 0. The first-order chi connectivity index (χ1) is 9.75. The van der Waals surface area contributed by atoms with Crippen molar-refractivity contribution in [3.05, 3.63) is 60.1 Å². The van der Waals surface area contributed by atoms with Gasteiger partial charge in [-0.05, 0) is 31.2 Å². The van der Waals surface area contributed by atoms with Gasteiger partial charge in [-0.15, -0.1) is 0 Å². The second-order valence-corrected chi connectivity index (χ2v) is 4.26. The van der Waals surface area contributed by atoms with Crippen LogP contribution in [0.25, 0.3) is 11.5 Å². The van der Waals surface area contributed by atoms with E-state index >= 15 is 0 Å². The molecule has 0 fully saturated rings. The summed E-state index contributed by atoms with van der Waals surface area (Å²) in [6.07, 6.45) is 1.53. The number of anilines is 1. The Balaban J connectivity index is 1.94. The first-order valence-corrected chi connectivity index (χ1v) is 6.12. The molecule has 0 atom stereocenters. The summed E-state index contributed by atoms with van der Waals surface area (Å²) < 4.78 is 10.4. The van der Waals surface area contributed by atoms with Gasteiger partial charge in [0, 0.05) is 5.69 Å². The number of amides is 1. The molecule has 2 heterocycles. The molecule has 0 unspecified atom stereocenters. The number of aryl methyl sites for hydroxylation is 1. The summed E-state index contributed by atoms with van der Waals surface area (Å²) in [4.78, 5) is 12.4. The van der Waals surface area contributed by atoms with Gasteiger partial charge in [0.1, 0.15) is 11.3 Å². The van der Waals surface area contributed by atoms with E-state index < -0.39 is 0 Å². The fourth-order valence-corrected chi connectivity index (χ4v) is 1.94. The normalized spacial score (nSPS) is 10.4. The monoisotopic (exact) mass is 268 g/mol. The molecule has 100 valence electrons. The summed E-state index contributed by atoms with van der Waals surface area (Å²) >= 11 is 0. The highest BCUT2D eigenvalue weighted by Crippen LogP contribution is 2.26. The SMILES string of the molecule is Cc1onc(-c2ccco2)c1C(=O)Nc1ccccc1. The number of rotatable bonds is 3. The van der Waals surface area contributed by atoms with Gasteiger partial charge in [0.05, 0.1) is 6.26 Å². The molecule has 1 N–H and O–H groups in total. The third kappa shape index (κ3) is 2.21. The molecule has 0 saturated carbocycles. The van der Waals surface area contributed by atoms with E-state index in [1.807, 2.05) is 30.3 Å². The Kier molecular flexibility index (Phi) is 3.09. The Morgan fingerprint density at radius 3 is 2.65 bits per heavy atom. The molecule has 3 rings (SSSR count). The van der Waals surface area contributed by atoms with Crippen LogP contribution >= 0.6 is 0 Å². The van der Waals surface area contributed by atoms with Crippen molar-refractivity contribution < 1.29 is 13.7 Å². The third-order valence-electron chi connectivity index (χ3n) is 2.88. The maximum Gasteiger partial charge on any atom is 0.261 e. The fourth-order valence-electron chi connectivity index (χ4n) is 1.94. The molecule has 0 aliphatic heterocycles. The second kappa shape index (κ2) is 5.05. The summed E-state index contributed by atoms with van der Waals surface area (Å²) in [5.41, 5.74) is 1.49. The quantitative estimate of drug-likeness (QED) is 0.789. The van der Waals surface area contributed by atoms with Gasteiger partial charge in [-0.1, -0.05) is 23.4 Å². The standard InChI is InChI=1S/C15H12N2O3/c1-10-13(14(17-20-10)12-8-5-9-19-12)15(18)16-11-6-3-2-4-7-11/h2-9H,1H3,(H,16,18). The second-order valence-electron chi connectivity index (χ2n) is 4.26. The molecular formula is C15H12N2O3. The number of carbonyl (C=O) groups is 1. The highest BCUT2D eigenvalue weighted by Gasteiger charge is 2.23. The van der Waals surface area contributed by atoms with Crippen molar-refractivity contribution in [3.63, 3.8) is 0 Å². The molecule has 0 radical (unpaired) electrons. The first kappa shape index (κ1) is 12.2. The number of benzene rings is 1. The number of aromatic nitrogens is 1. The Morgan fingerprint density at radius 2 is 1.95 bits per heavy atom. The van der Waals surface area contributed by atoms with Crippen molar-refractivity contribution >= 4 is 11.6 Å². The Hall–Kier alpha value is -2.82. The van der Waals surface area contributed by atoms with Crippen LogP contribution in [0.15, 0.2) is 57.7 Å². The molecule has 5 heteroatoms. The van der Waals surface area contributed by atoms with E-state index in [4.69, 9.17) is 8.94 Å². The van der Waals surface area contributed by atoms with Crippen LogP contribution in [-0.4, -0.2) is 11.1 Å². The molecule has 0 aliphatic carbocycles. The number of furan rings is 1. The van der Waals surface area contributed by atoms with E-state index in [2.05, 4.69) is 10.5 Å². The Morgan fingerprint density at radius 1 is 1.15 bits per heavy atom. The van der Waals surface area contributed by atoms with Gasteiger partial charge in [-0.3, -0.25) is 4.79 Å². The van der Waals surface area contributed by atoms with E-state index in [0.29, 0.717) is 28.5 Å². The summed E-state index contributed by atoms with van der Waals surface area (Å²) in [5, 5.41) is 6.70. The van der Waals surface area contributed by atoms with Gasteiger partial charge in [-0.2, -0.15) is 0 Å². The Labute approximate surface area is 115 Å². The summed E-state index contributed by atoms with van der Waals surface area (Å²) in [6.45, 7) is 1.69. The van der Waals surface area contributed by atoms with Gasteiger partial charge >= 0.3 is 0 Å². The largest absolute Gasteiger partial charge is 0.463 e. The zero-order chi connectivity index (χ0) is 13.9. The first-order valence-electron chi connectivity index (χ1n) is 6.12. The van der Waals surface area contributed by atoms with Crippen LogP contribution in [0.3, 0.4) is 0 Å². The van der Waals surface area contributed by atoms with E-state index in [9.17, 15) is 4.79 Å². The van der Waals surface area contributed by atoms with Crippen LogP contribution in [-0.2, 0) is 0 Å². The van der Waals surface area contributed by atoms with Crippen molar-refractivity contribution in [1.82, 2.24) is 5.16 Å². The molecule has 3 aromatic rings. The molecular weight excluding hydrogens is 256 g/mol. The minimum absolute atomic E-state index is 0.277. The van der Waals surface area contributed by atoms with Crippen molar-refractivity contribution in [2.24, 2.45) is 0 Å². The van der Waals surface area contributed by atoms with Gasteiger partial charge < -0.3 is 14.3 Å². The average molecular weight is 268 g/mol. The summed E-state index contributed by atoms with van der Waals surface area (Å²) in [6, 6.07) is 12.7. The van der Waals surface area contributed by atoms with Gasteiger partial charge in [0.25, 0.3) is 5.91 Å². The fraction of sp³-hybridized carbons (Fsp3) is 0.0667. The Bertz CT molecular complexity index is 715. The summed E-state index contributed by atoms with van der Waals surface area (Å²) in [5.74, 6) is 0.672. The van der Waals surface area contributed by atoms with Crippen molar-refractivity contribution in [3.8, 4) is 11.5 Å².